The number of sulfonamides is 1. The van der Waals surface area contributed by atoms with Gasteiger partial charge in [0.05, 0.1) is 10.4 Å². The van der Waals surface area contributed by atoms with Crippen molar-refractivity contribution < 1.29 is 13.2 Å². The first-order valence-corrected chi connectivity index (χ1v) is 12.4. The number of carbonyl (C=O) groups excluding carboxylic acids is 1. The van der Waals surface area contributed by atoms with Crippen molar-refractivity contribution in [2.24, 2.45) is 0 Å². The Kier molecular flexibility index (Phi) is 7.01. The van der Waals surface area contributed by atoms with E-state index in [9.17, 15) is 13.2 Å². The minimum Gasteiger partial charge on any atom is -0.356 e. The monoisotopic (exact) mass is 456 g/mol. The largest absolute Gasteiger partial charge is 0.356 e. The smallest absolute Gasteiger partial charge is 0.241 e. The third-order valence-corrected chi connectivity index (χ3v) is 7.08. The van der Waals surface area contributed by atoms with Crippen LogP contribution >= 0.6 is 0 Å². The van der Waals surface area contributed by atoms with Crippen LogP contribution in [0.15, 0.2) is 53.8 Å². The summed E-state index contributed by atoms with van der Waals surface area (Å²) in [7, 11) is -3.88. The quantitative estimate of drug-likeness (QED) is 0.426. The first-order chi connectivity index (χ1) is 15.5. The van der Waals surface area contributed by atoms with E-state index in [4.69, 9.17) is 0 Å². The third kappa shape index (κ3) is 5.43. The normalized spacial score (nSPS) is 15.6. The molecule has 1 aliphatic heterocycles. The standard InChI is InChI=1S/C22H28N6O3S/c29-21(28-14-2-1-3-15-28)20(7-5-11-24-22-25-12-13-26-22)27-32(30,31)18-8-9-19-17(16-18)6-4-10-23-19/h4,6,8-10,12-13,16,20,27H,1-3,5,7,11,14-15H2,(H2,24,25,26)/t20-/m0/s1. The molecule has 1 amide bonds. The number of fused-ring (bicyclic) bond motifs is 1. The van der Waals surface area contributed by atoms with Crippen LogP contribution in [0.25, 0.3) is 10.9 Å². The van der Waals surface area contributed by atoms with Crippen LogP contribution in [-0.4, -0.2) is 59.9 Å². The molecule has 1 fully saturated rings. The summed E-state index contributed by atoms with van der Waals surface area (Å²) in [6, 6.07) is 7.56. The van der Waals surface area contributed by atoms with Crippen LogP contribution < -0.4 is 10.0 Å². The minimum absolute atomic E-state index is 0.128. The Bertz CT molecular complexity index is 1140. The van der Waals surface area contributed by atoms with Crippen LogP contribution in [0.2, 0.25) is 0 Å². The molecule has 0 radical (unpaired) electrons. The molecule has 0 saturated carbocycles. The van der Waals surface area contributed by atoms with E-state index < -0.39 is 16.1 Å². The van der Waals surface area contributed by atoms with E-state index in [1.54, 1.807) is 41.7 Å². The Hall–Kier alpha value is -2.98. The molecule has 3 aromatic rings. The molecular weight excluding hydrogens is 428 g/mol. The lowest BCUT2D eigenvalue weighted by atomic mass is 10.1. The van der Waals surface area contributed by atoms with E-state index in [1.165, 1.54) is 6.07 Å². The molecule has 0 bridgehead atoms. The van der Waals surface area contributed by atoms with Gasteiger partial charge in [-0.2, -0.15) is 4.72 Å². The highest BCUT2D eigenvalue weighted by atomic mass is 32.2. The molecule has 3 N–H and O–H groups in total. The fourth-order valence-corrected chi connectivity index (χ4v) is 5.18. The zero-order valence-corrected chi connectivity index (χ0v) is 18.6. The highest BCUT2D eigenvalue weighted by Crippen LogP contribution is 2.19. The van der Waals surface area contributed by atoms with E-state index in [0.29, 0.717) is 38.4 Å². The number of carbonyl (C=O) groups is 1. The molecular formula is C22H28N6O3S. The number of H-pyrrole nitrogens is 1. The molecule has 3 heterocycles. The lowest BCUT2D eigenvalue weighted by molar-refractivity contribution is -0.134. The highest BCUT2D eigenvalue weighted by molar-refractivity contribution is 7.89. The number of nitrogens with zero attached hydrogens (tertiary/aromatic N) is 3. The zero-order valence-electron chi connectivity index (χ0n) is 17.8. The van der Waals surface area contributed by atoms with Crippen LogP contribution in [-0.2, 0) is 14.8 Å². The maximum absolute atomic E-state index is 13.2. The molecule has 1 aliphatic rings. The van der Waals surface area contributed by atoms with Gasteiger partial charge in [-0.05, 0) is 56.4 Å². The zero-order chi connectivity index (χ0) is 22.4. The second-order valence-corrected chi connectivity index (χ2v) is 9.64. The Morgan fingerprint density at radius 2 is 1.97 bits per heavy atom. The Labute approximate surface area is 187 Å². The summed E-state index contributed by atoms with van der Waals surface area (Å²) in [5, 5.41) is 3.87. The van der Waals surface area contributed by atoms with E-state index >= 15 is 0 Å². The van der Waals surface area contributed by atoms with Crippen molar-refractivity contribution in [3.05, 3.63) is 48.9 Å². The number of hydrogen-bond donors (Lipinski definition) is 3. The van der Waals surface area contributed by atoms with E-state index in [1.807, 2.05) is 6.07 Å². The summed E-state index contributed by atoms with van der Waals surface area (Å²) >= 11 is 0. The van der Waals surface area contributed by atoms with Gasteiger partial charge in [-0.3, -0.25) is 9.78 Å². The number of pyridine rings is 1. The molecule has 0 spiro atoms. The molecule has 1 saturated heterocycles. The number of nitrogens with one attached hydrogen (secondary N) is 3. The number of benzene rings is 1. The number of aromatic nitrogens is 3. The maximum Gasteiger partial charge on any atom is 0.241 e. The molecule has 10 heteroatoms. The Balaban J connectivity index is 1.48. The lowest BCUT2D eigenvalue weighted by Crippen LogP contribution is -2.50. The van der Waals surface area contributed by atoms with Gasteiger partial charge in [0, 0.05) is 43.6 Å². The molecule has 2 aromatic heterocycles. The van der Waals surface area contributed by atoms with Gasteiger partial charge in [0.1, 0.15) is 6.04 Å². The van der Waals surface area contributed by atoms with Gasteiger partial charge in [0.2, 0.25) is 15.9 Å². The van der Waals surface area contributed by atoms with Crippen LogP contribution in [0.4, 0.5) is 5.95 Å². The van der Waals surface area contributed by atoms with Crippen molar-refractivity contribution in [3.8, 4) is 0 Å². The van der Waals surface area contributed by atoms with Gasteiger partial charge in [-0.25, -0.2) is 13.4 Å². The predicted molar refractivity (Wildman–Crippen MR) is 123 cm³/mol. The van der Waals surface area contributed by atoms with E-state index in [0.717, 1.165) is 30.2 Å². The number of piperidine rings is 1. The summed E-state index contributed by atoms with van der Waals surface area (Å²) < 4.78 is 29.0. The van der Waals surface area contributed by atoms with Crippen LogP contribution in [0.3, 0.4) is 0 Å². The Morgan fingerprint density at radius 1 is 1.12 bits per heavy atom. The van der Waals surface area contributed by atoms with Gasteiger partial charge < -0.3 is 15.2 Å². The fourth-order valence-electron chi connectivity index (χ4n) is 3.92. The average Bonchev–Trinajstić information content (AvgIpc) is 3.34. The molecule has 0 aliphatic carbocycles. The first-order valence-electron chi connectivity index (χ1n) is 10.9. The lowest BCUT2D eigenvalue weighted by Gasteiger charge is -2.30. The fraction of sp³-hybridized carbons (Fsp3) is 0.409. The molecule has 170 valence electrons. The third-order valence-electron chi connectivity index (χ3n) is 5.61. The highest BCUT2D eigenvalue weighted by Gasteiger charge is 2.29. The van der Waals surface area contributed by atoms with Gasteiger partial charge in [-0.15, -0.1) is 0 Å². The molecule has 32 heavy (non-hydrogen) atoms. The minimum atomic E-state index is -3.88. The van der Waals surface area contributed by atoms with Crippen molar-refractivity contribution in [2.75, 3.05) is 25.0 Å². The average molecular weight is 457 g/mol. The maximum atomic E-state index is 13.2. The summed E-state index contributed by atoms with van der Waals surface area (Å²) in [5.74, 6) is 0.489. The van der Waals surface area contributed by atoms with Gasteiger partial charge in [-0.1, -0.05) is 6.07 Å². The van der Waals surface area contributed by atoms with Crippen molar-refractivity contribution >= 4 is 32.8 Å². The van der Waals surface area contributed by atoms with Crippen LogP contribution in [0.1, 0.15) is 32.1 Å². The van der Waals surface area contributed by atoms with E-state index in [2.05, 4.69) is 25.0 Å². The second-order valence-electron chi connectivity index (χ2n) is 7.92. The Morgan fingerprint density at radius 3 is 2.75 bits per heavy atom. The molecule has 1 aromatic carbocycles. The van der Waals surface area contributed by atoms with Gasteiger partial charge in [0.15, 0.2) is 5.95 Å². The number of imidazole rings is 1. The number of anilines is 1. The number of amides is 1. The molecule has 4 rings (SSSR count). The SMILES string of the molecule is O=C([C@H](CCCNc1ncc[nH]1)NS(=O)(=O)c1ccc2ncccc2c1)N1CCCCC1. The second kappa shape index (κ2) is 10.1. The van der Waals surface area contributed by atoms with Crippen molar-refractivity contribution in [2.45, 2.75) is 43.0 Å². The number of hydrogen-bond acceptors (Lipinski definition) is 6. The van der Waals surface area contributed by atoms with Gasteiger partial charge in [0.25, 0.3) is 0 Å². The van der Waals surface area contributed by atoms with Gasteiger partial charge >= 0.3 is 0 Å². The van der Waals surface area contributed by atoms with Crippen LogP contribution in [0, 0.1) is 0 Å². The van der Waals surface area contributed by atoms with E-state index in [-0.39, 0.29) is 10.8 Å². The molecule has 0 unspecified atom stereocenters. The van der Waals surface area contributed by atoms with Crippen LogP contribution in [0.5, 0.6) is 0 Å². The first kappa shape index (κ1) is 22.2. The predicted octanol–water partition coefficient (Wildman–Crippen LogP) is 2.51. The number of likely N-dealkylation sites (tertiary alicyclic amines) is 1. The summed E-state index contributed by atoms with van der Waals surface area (Å²) in [6.07, 6.45) is 9.02. The number of rotatable bonds is 9. The van der Waals surface area contributed by atoms with Crippen molar-refractivity contribution in [3.63, 3.8) is 0 Å². The number of aromatic amines is 1. The topological polar surface area (TPSA) is 120 Å². The molecule has 1 atom stereocenters. The summed E-state index contributed by atoms with van der Waals surface area (Å²) in [6.45, 7) is 1.91. The van der Waals surface area contributed by atoms with Crippen molar-refractivity contribution in [1.82, 2.24) is 24.6 Å². The van der Waals surface area contributed by atoms with Crippen molar-refractivity contribution in [1.29, 1.82) is 0 Å². The molecule has 9 nitrogen and oxygen atoms in total. The summed E-state index contributed by atoms with van der Waals surface area (Å²) in [4.78, 5) is 26.4. The summed E-state index contributed by atoms with van der Waals surface area (Å²) in [5.41, 5.74) is 0.719.